The number of aromatic amines is 1. The Morgan fingerprint density at radius 2 is 1.69 bits per heavy atom. The zero-order valence-electron chi connectivity index (χ0n) is 20.9. The van der Waals surface area contributed by atoms with Crippen LogP contribution in [0.3, 0.4) is 0 Å². The molecule has 0 radical (unpaired) electrons. The summed E-state index contributed by atoms with van der Waals surface area (Å²) < 4.78 is 0. The zero-order valence-corrected chi connectivity index (χ0v) is 21.7. The van der Waals surface area contributed by atoms with Crippen molar-refractivity contribution in [2.45, 2.75) is 63.2 Å². The van der Waals surface area contributed by atoms with E-state index in [-0.39, 0.29) is 5.43 Å². The predicted octanol–water partition coefficient (Wildman–Crippen LogP) is 6.70. The Hall–Kier alpha value is -2.43. The van der Waals surface area contributed by atoms with Gasteiger partial charge in [-0.1, -0.05) is 55.1 Å². The molecule has 4 nitrogen and oxygen atoms in total. The molecule has 2 aromatic carbocycles. The third-order valence-corrected chi connectivity index (χ3v) is 8.01. The quantitative estimate of drug-likeness (QED) is 0.391. The molecule has 2 aliphatic carbocycles. The van der Waals surface area contributed by atoms with E-state index in [9.17, 15) is 4.79 Å². The van der Waals surface area contributed by atoms with Crippen LogP contribution in [0.2, 0.25) is 5.02 Å². The number of aromatic nitrogens is 1. The lowest BCUT2D eigenvalue weighted by Gasteiger charge is -2.27. The topological polar surface area (TPSA) is 48.5 Å². The van der Waals surface area contributed by atoms with Crippen molar-refractivity contribution < 1.29 is 0 Å². The van der Waals surface area contributed by atoms with E-state index in [1.165, 1.54) is 43.2 Å². The predicted molar refractivity (Wildman–Crippen MR) is 147 cm³/mol. The number of halogens is 1. The van der Waals surface area contributed by atoms with Crippen LogP contribution >= 0.6 is 11.6 Å². The largest absolute Gasteiger partial charge is 0.358 e. The fraction of sp³-hybridized carbons (Fsp3) is 0.467. The number of fused-ring (bicyclic) bond motifs is 2. The monoisotopic (exact) mass is 489 g/mol. The second-order valence-corrected chi connectivity index (χ2v) is 11.0. The van der Waals surface area contributed by atoms with Gasteiger partial charge in [-0.15, -0.1) is 0 Å². The number of hydrogen-bond donors (Lipinski definition) is 1. The average Bonchev–Trinajstić information content (AvgIpc) is 2.87. The molecule has 184 valence electrons. The summed E-state index contributed by atoms with van der Waals surface area (Å²) in [6.45, 7) is 1.71. The van der Waals surface area contributed by atoms with Crippen LogP contribution in [0.25, 0.3) is 10.9 Å². The third-order valence-electron chi connectivity index (χ3n) is 7.77. The van der Waals surface area contributed by atoms with Crippen LogP contribution in [-0.2, 0) is 6.42 Å². The second-order valence-electron chi connectivity index (χ2n) is 10.6. The van der Waals surface area contributed by atoms with Gasteiger partial charge in [-0.3, -0.25) is 9.79 Å². The first-order valence-corrected chi connectivity index (χ1v) is 13.5. The Balaban J connectivity index is 1.48. The summed E-state index contributed by atoms with van der Waals surface area (Å²) in [4.78, 5) is 24.3. The summed E-state index contributed by atoms with van der Waals surface area (Å²) in [5.74, 6) is 1.03. The minimum Gasteiger partial charge on any atom is -0.358 e. The van der Waals surface area contributed by atoms with E-state index in [0.717, 1.165) is 54.8 Å². The van der Waals surface area contributed by atoms with Gasteiger partial charge < -0.3 is 9.88 Å². The SMILES string of the molecule is CN(C)CCCN=C1CC(c2ccc(C3CCCCC3)cc2)Cc2[nH]c3ccc(Cl)cc3c(=O)c21. The highest BCUT2D eigenvalue weighted by molar-refractivity contribution is 6.31. The molecule has 0 spiro atoms. The number of H-pyrrole nitrogens is 1. The molecular formula is C30H36ClN3O. The van der Waals surface area contributed by atoms with Crippen LogP contribution in [0.1, 0.15) is 79.2 Å². The van der Waals surface area contributed by atoms with E-state index in [0.29, 0.717) is 22.2 Å². The molecule has 0 saturated heterocycles. The van der Waals surface area contributed by atoms with Gasteiger partial charge in [0.15, 0.2) is 5.43 Å². The van der Waals surface area contributed by atoms with Crippen LogP contribution in [0, 0.1) is 0 Å². The van der Waals surface area contributed by atoms with Gasteiger partial charge in [-0.05, 0) is 93.9 Å². The molecule has 2 aliphatic rings. The zero-order chi connectivity index (χ0) is 24.4. The van der Waals surface area contributed by atoms with Crippen molar-refractivity contribution >= 4 is 28.2 Å². The smallest absolute Gasteiger partial charge is 0.198 e. The molecule has 1 fully saturated rings. The molecule has 1 atom stereocenters. The van der Waals surface area contributed by atoms with Gasteiger partial charge in [-0.25, -0.2) is 0 Å². The van der Waals surface area contributed by atoms with Gasteiger partial charge in [-0.2, -0.15) is 0 Å². The normalized spacial score (nSPS) is 20.0. The van der Waals surface area contributed by atoms with E-state index < -0.39 is 0 Å². The molecule has 1 aromatic heterocycles. The lowest BCUT2D eigenvalue weighted by molar-refractivity contribution is 0.403. The van der Waals surface area contributed by atoms with E-state index in [1.54, 1.807) is 6.07 Å². The minimum absolute atomic E-state index is 0.0497. The van der Waals surface area contributed by atoms with Gasteiger partial charge >= 0.3 is 0 Å². The molecule has 0 bridgehead atoms. The molecule has 1 unspecified atom stereocenters. The molecule has 3 aromatic rings. The first-order chi connectivity index (χ1) is 17.0. The number of hydrogen-bond acceptors (Lipinski definition) is 3. The summed E-state index contributed by atoms with van der Waals surface area (Å²) in [5.41, 5.74) is 6.43. The summed E-state index contributed by atoms with van der Waals surface area (Å²) in [5, 5.41) is 1.23. The van der Waals surface area contributed by atoms with Crippen molar-refractivity contribution in [1.82, 2.24) is 9.88 Å². The van der Waals surface area contributed by atoms with Crippen molar-refractivity contribution in [3.8, 4) is 0 Å². The van der Waals surface area contributed by atoms with Crippen LogP contribution in [0.4, 0.5) is 0 Å². The van der Waals surface area contributed by atoms with Crippen molar-refractivity contribution in [2.75, 3.05) is 27.2 Å². The number of benzene rings is 2. The van der Waals surface area contributed by atoms with Crippen molar-refractivity contribution in [1.29, 1.82) is 0 Å². The van der Waals surface area contributed by atoms with Gasteiger partial charge in [0.05, 0.1) is 5.56 Å². The van der Waals surface area contributed by atoms with Crippen LogP contribution in [0.15, 0.2) is 52.3 Å². The van der Waals surface area contributed by atoms with Crippen LogP contribution in [-0.4, -0.2) is 42.8 Å². The fourth-order valence-electron chi connectivity index (χ4n) is 5.88. The van der Waals surface area contributed by atoms with E-state index in [2.05, 4.69) is 48.2 Å². The van der Waals surface area contributed by atoms with Crippen molar-refractivity contribution in [3.05, 3.63) is 80.1 Å². The van der Waals surface area contributed by atoms with Gasteiger partial charge in [0.1, 0.15) is 0 Å². The summed E-state index contributed by atoms with van der Waals surface area (Å²) in [7, 11) is 4.16. The average molecular weight is 490 g/mol. The molecule has 5 rings (SSSR count). The van der Waals surface area contributed by atoms with Crippen LogP contribution < -0.4 is 5.43 Å². The molecule has 35 heavy (non-hydrogen) atoms. The number of nitrogens with zero attached hydrogens (tertiary/aromatic N) is 2. The molecule has 0 amide bonds. The Morgan fingerprint density at radius 3 is 2.40 bits per heavy atom. The highest BCUT2D eigenvalue weighted by Gasteiger charge is 2.29. The van der Waals surface area contributed by atoms with E-state index in [1.807, 2.05) is 12.1 Å². The summed E-state index contributed by atoms with van der Waals surface area (Å²) in [6.07, 6.45) is 9.32. The molecule has 1 heterocycles. The van der Waals surface area contributed by atoms with E-state index >= 15 is 0 Å². The molecule has 5 heteroatoms. The molecular weight excluding hydrogens is 454 g/mol. The Bertz CT molecular complexity index is 1270. The minimum atomic E-state index is 0.0497. The maximum Gasteiger partial charge on any atom is 0.198 e. The number of aliphatic imine (C=N–C) groups is 1. The van der Waals surface area contributed by atoms with Crippen molar-refractivity contribution in [3.63, 3.8) is 0 Å². The Labute approximate surface area is 213 Å². The number of rotatable bonds is 6. The van der Waals surface area contributed by atoms with Gasteiger partial charge in [0.25, 0.3) is 0 Å². The van der Waals surface area contributed by atoms with Gasteiger partial charge in [0.2, 0.25) is 0 Å². The Kier molecular flexibility index (Phi) is 7.40. The maximum atomic E-state index is 13.6. The Morgan fingerprint density at radius 1 is 0.971 bits per heavy atom. The van der Waals surface area contributed by atoms with Crippen LogP contribution in [0.5, 0.6) is 0 Å². The maximum absolute atomic E-state index is 13.6. The fourth-order valence-corrected chi connectivity index (χ4v) is 6.05. The lowest BCUT2D eigenvalue weighted by Crippen LogP contribution is -2.28. The lowest BCUT2D eigenvalue weighted by atomic mass is 9.79. The second kappa shape index (κ2) is 10.7. The standard InChI is InChI=1S/C30H36ClN3O/c1-34(2)16-6-15-32-27-17-23(22-11-9-21(10-12-22)20-7-4-3-5-8-20)18-28-29(27)30(35)25-19-24(31)13-14-26(25)33-28/h9-14,19-20,23H,3-8,15-18H2,1-2H3,(H,33,35). The summed E-state index contributed by atoms with van der Waals surface area (Å²) >= 11 is 6.23. The first kappa shape index (κ1) is 24.3. The molecule has 1 N–H and O–H groups in total. The molecule has 1 saturated carbocycles. The number of pyridine rings is 1. The number of nitrogens with one attached hydrogen (secondary N) is 1. The third kappa shape index (κ3) is 5.39. The summed E-state index contributed by atoms with van der Waals surface area (Å²) in [6, 6.07) is 14.9. The highest BCUT2D eigenvalue weighted by atomic mass is 35.5. The highest BCUT2D eigenvalue weighted by Crippen LogP contribution is 2.36. The molecule has 0 aliphatic heterocycles. The van der Waals surface area contributed by atoms with E-state index in [4.69, 9.17) is 16.6 Å². The van der Waals surface area contributed by atoms with Gasteiger partial charge in [0, 0.05) is 33.9 Å². The van der Waals surface area contributed by atoms with Crippen molar-refractivity contribution in [2.24, 2.45) is 4.99 Å². The first-order valence-electron chi connectivity index (χ1n) is 13.1.